The Hall–Kier alpha value is -1.31. The van der Waals surface area contributed by atoms with Gasteiger partial charge in [0.05, 0.1) is 0 Å². The molecule has 0 bridgehead atoms. The molecule has 0 unspecified atom stereocenters. The van der Waals surface area contributed by atoms with Gasteiger partial charge in [-0.1, -0.05) is 37.3 Å². The lowest BCUT2D eigenvalue weighted by Gasteiger charge is -2.12. The van der Waals surface area contributed by atoms with Crippen molar-refractivity contribution in [3.63, 3.8) is 0 Å². The van der Waals surface area contributed by atoms with Crippen molar-refractivity contribution in [2.75, 3.05) is 6.54 Å². The Morgan fingerprint density at radius 3 is 2.67 bits per heavy atom. The van der Waals surface area contributed by atoms with Gasteiger partial charge in [0, 0.05) is 12.5 Å². The highest BCUT2D eigenvalue weighted by Gasteiger charge is 2.29. The first-order valence-electron chi connectivity index (χ1n) is 5.60. The summed E-state index contributed by atoms with van der Waals surface area (Å²) >= 11 is 0. The lowest BCUT2D eigenvalue weighted by molar-refractivity contribution is -0.122. The van der Waals surface area contributed by atoms with Crippen LogP contribution in [0, 0.1) is 5.92 Å². The zero-order valence-corrected chi connectivity index (χ0v) is 9.07. The molecule has 2 rings (SSSR count). The third-order valence-corrected chi connectivity index (χ3v) is 2.90. The molecule has 80 valence electrons. The summed E-state index contributed by atoms with van der Waals surface area (Å²) in [5.41, 5.74) is 1.29. The van der Waals surface area contributed by atoms with E-state index in [9.17, 15) is 4.79 Å². The van der Waals surface area contributed by atoms with E-state index in [1.165, 1.54) is 5.56 Å². The van der Waals surface area contributed by atoms with Crippen molar-refractivity contribution in [1.82, 2.24) is 5.32 Å². The van der Waals surface area contributed by atoms with E-state index in [4.69, 9.17) is 0 Å². The van der Waals surface area contributed by atoms with Gasteiger partial charge in [0.25, 0.3) is 0 Å². The zero-order valence-electron chi connectivity index (χ0n) is 9.07. The Kier molecular flexibility index (Phi) is 3.05. The van der Waals surface area contributed by atoms with E-state index in [0.717, 1.165) is 19.4 Å². The summed E-state index contributed by atoms with van der Waals surface area (Å²) in [6.45, 7) is 2.89. The molecule has 0 heterocycles. The van der Waals surface area contributed by atoms with Crippen LogP contribution in [0.2, 0.25) is 0 Å². The normalized spacial score (nSPS) is 17.1. The Labute approximate surface area is 90.7 Å². The molecule has 0 saturated heterocycles. The van der Waals surface area contributed by atoms with E-state index >= 15 is 0 Å². The molecule has 0 spiro atoms. The highest BCUT2D eigenvalue weighted by molar-refractivity contribution is 5.80. The van der Waals surface area contributed by atoms with Crippen LogP contribution in [-0.2, 0) is 4.79 Å². The van der Waals surface area contributed by atoms with Gasteiger partial charge < -0.3 is 5.32 Å². The molecule has 2 heteroatoms. The van der Waals surface area contributed by atoms with Gasteiger partial charge in [0.15, 0.2) is 0 Å². The van der Waals surface area contributed by atoms with Crippen LogP contribution in [0.1, 0.15) is 31.2 Å². The highest BCUT2D eigenvalue weighted by Crippen LogP contribution is 2.28. The predicted octanol–water partition coefficient (Wildman–Crippen LogP) is 2.32. The molecule has 0 aromatic heterocycles. The number of hydrogen-bond donors (Lipinski definition) is 1. The van der Waals surface area contributed by atoms with Crippen molar-refractivity contribution in [3.8, 4) is 0 Å². The smallest absolute Gasteiger partial charge is 0.223 e. The van der Waals surface area contributed by atoms with Gasteiger partial charge in [0.2, 0.25) is 5.91 Å². The van der Waals surface area contributed by atoms with Gasteiger partial charge in [-0.3, -0.25) is 4.79 Å². The molecule has 1 aromatic rings. The van der Waals surface area contributed by atoms with Gasteiger partial charge in [-0.25, -0.2) is 0 Å². The molecule has 1 aromatic carbocycles. The van der Waals surface area contributed by atoms with E-state index in [0.29, 0.717) is 11.8 Å². The molecule has 1 amide bonds. The lowest BCUT2D eigenvalue weighted by atomic mass is 10.0. The van der Waals surface area contributed by atoms with E-state index < -0.39 is 0 Å². The Bertz CT molecular complexity index is 330. The molecule has 0 radical (unpaired) electrons. The summed E-state index contributed by atoms with van der Waals surface area (Å²) in [6.07, 6.45) is 2.15. The van der Waals surface area contributed by atoms with Crippen molar-refractivity contribution in [2.24, 2.45) is 5.92 Å². The number of nitrogens with one attached hydrogen (secondary N) is 1. The second kappa shape index (κ2) is 4.47. The number of amides is 1. The van der Waals surface area contributed by atoms with Gasteiger partial charge in [0.1, 0.15) is 0 Å². The second-order valence-corrected chi connectivity index (χ2v) is 4.33. The molecule has 2 nitrogen and oxygen atoms in total. The first kappa shape index (κ1) is 10.2. The van der Waals surface area contributed by atoms with Crippen LogP contribution >= 0.6 is 0 Å². The average Bonchev–Trinajstić information content (AvgIpc) is 3.10. The number of rotatable bonds is 4. The molecule has 1 atom stereocenters. The molecular weight excluding hydrogens is 186 g/mol. The fourth-order valence-electron chi connectivity index (χ4n) is 1.64. The first-order valence-corrected chi connectivity index (χ1v) is 5.60. The van der Waals surface area contributed by atoms with Crippen molar-refractivity contribution in [3.05, 3.63) is 35.9 Å². The molecule has 1 aliphatic rings. The van der Waals surface area contributed by atoms with Crippen LogP contribution in [0.4, 0.5) is 0 Å². The van der Waals surface area contributed by atoms with Crippen LogP contribution in [-0.4, -0.2) is 12.5 Å². The van der Waals surface area contributed by atoms with Crippen LogP contribution in [0.25, 0.3) is 0 Å². The number of benzene rings is 1. The van der Waals surface area contributed by atoms with Crippen LogP contribution in [0.5, 0.6) is 0 Å². The maximum Gasteiger partial charge on any atom is 0.223 e. The Balaban J connectivity index is 1.81. The van der Waals surface area contributed by atoms with E-state index in [1.807, 2.05) is 18.2 Å². The largest absolute Gasteiger partial charge is 0.355 e. The van der Waals surface area contributed by atoms with Crippen molar-refractivity contribution >= 4 is 5.91 Å². The average molecular weight is 203 g/mol. The lowest BCUT2D eigenvalue weighted by Crippen LogP contribution is -2.28. The Morgan fingerprint density at radius 2 is 2.07 bits per heavy atom. The van der Waals surface area contributed by atoms with E-state index in [2.05, 4.69) is 24.4 Å². The number of carbonyl (C=O) groups is 1. The number of hydrogen-bond acceptors (Lipinski definition) is 1. The minimum absolute atomic E-state index is 0.234. The van der Waals surface area contributed by atoms with Gasteiger partial charge >= 0.3 is 0 Å². The van der Waals surface area contributed by atoms with Gasteiger partial charge in [-0.2, -0.15) is 0 Å². The van der Waals surface area contributed by atoms with Crippen LogP contribution in [0.15, 0.2) is 30.3 Å². The third-order valence-electron chi connectivity index (χ3n) is 2.90. The molecule has 1 fully saturated rings. The van der Waals surface area contributed by atoms with E-state index in [1.54, 1.807) is 0 Å². The molecule has 15 heavy (non-hydrogen) atoms. The summed E-state index contributed by atoms with van der Waals surface area (Å²) in [4.78, 5) is 11.4. The molecular formula is C13H17NO. The fraction of sp³-hybridized carbons (Fsp3) is 0.462. The summed E-state index contributed by atoms with van der Waals surface area (Å²) in [6, 6.07) is 10.3. The van der Waals surface area contributed by atoms with Gasteiger partial charge in [-0.05, 0) is 24.3 Å². The first-order chi connectivity index (χ1) is 7.27. The maximum atomic E-state index is 11.4. The van der Waals surface area contributed by atoms with Crippen molar-refractivity contribution in [1.29, 1.82) is 0 Å². The highest BCUT2D eigenvalue weighted by atomic mass is 16.2. The van der Waals surface area contributed by atoms with Crippen LogP contribution < -0.4 is 5.32 Å². The molecule has 1 aliphatic carbocycles. The predicted molar refractivity (Wildman–Crippen MR) is 60.6 cm³/mol. The second-order valence-electron chi connectivity index (χ2n) is 4.33. The zero-order chi connectivity index (χ0) is 10.7. The minimum atomic E-state index is 0.234. The Morgan fingerprint density at radius 1 is 1.40 bits per heavy atom. The molecule has 1 saturated carbocycles. The maximum absolute atomic E-state index is 11.4. The summed E-state index contributed by atoms with van der Waals surface area (Å²) in [5, 5.41) is 3.00. The summed E-state index contributed by atoms with van der Waals surface area (Å²) in [7, 11) is 0. The third kappa shape index (κ3) is 2.82. The van der Waals surface area contributed by atoms with Crippen LogP contribution in [0.3, 0.4) is 0 Å². The topological polar surface area (TPSA) is 29.1 Å². The fourth-order valence-corrected chi connectivity index (χ4v) is 1.64. The molecule has 1 N–H and O–H groups in total. The van der Waals surface area contributed by atoms with Crippen molar-refractivity contribution in [2.45, 2.75) is 25.7 Å². The molecule has 0 aliphatic heterocycles. The SMILES string of the molecule is C[C@H](CNC(=O)C1CC1)c1ccccc1. The standard InChI is InChI=1S/C13H17NO/c1-10(11-5-3-2-4-6-11)9-14-13(15)12-7-8-12/h2-6,10,12H,7-9H2,1H3,(H,14,15)/t10-/m1/s1. The minimum Gasteiger partial charge on any atom is -0.355 e. The monoisotopic (exact) mass is 203 g/mol. The van der Waals surface area contributed by atoms with E-state index in [-0.39, 0.29) is 5.91 Å². The van der Waals surface area contributed by atoms with Gasteiger partial charge in [-0.15, -0.1) is 0 Å². The number of carbonyl (C=O) groups excluding carboxylic acids is 1. The summed E-state index contributed by atoms with van der Waals surface area (Å²) < 4.78 is 0. The van der Waals surface area contributed by atoms with Crippen molar-refractivity contribution < 1.29 is 4.79 Å². The quantitative estimate of drug-likeness (QED) is 0.799. The summed E-state index contributed by atoms with van der Waals surface area (Å²) in [5.74, 6) is 0.944.